The quantitative estimate of drug-likeness (QED) is 0.350. The predicted molar refractivity (Wildman–Crippen MR) is 132 cm³/mol. The van der Waals surface area contributed by atoms with Crippen LogP contribution in [0.1, 0.15) is 94.6 Å². The summed E-state index contributed by atoms with van der Waals surface area (Å²) in [4.78, 5) is 8.64. The summed E-state index contributed by atoms with van der Waals surface area (Å²) in [5.41, 5.74) is 0.393. The maximum atomic E-state index is 14.3. The smallest absolute Gasteiger partial charge is 0.236 e. The number of alkyl halides is 3. The standard InChI is InChI=1S/C29H35F5N2/c1-2-3-4-19-5-7-20(8-6-19)21-9-11-22(12-10-21)24-17-35-28(36-18-24)23-15-26(30)25(27(31)16-23)13-14-29(32,33)34/h13-22H,2-12H2,1H3. The number of aromatic nitrogens is 2. The molecule has 0 spiro atoms. The van der Waals surface area contributed by atoms with Gasteiger partial charge >= 0.3 is 6.18 Å². The Morgan fingerprint density at radius 1 is 0.861 bits per heavy atom. The molecule has 0 atom stereocenters. The zero-order valence-electron chi connectivity index (χ0n) is 20.8. The van der Waals surface area contributed by atoms with Gasteiger partial charge < -0.3 is 0 Å². The van der Waals surface area contributed by atoms with Crippen LogP contribution < -0.4 is 0 Å². The van der Waals surface area contributed by atoms with Crippen molar-refractivity contribution in [2.24, 2.45) is 17.8 Å². The van der Waals surface area contributed by atoms with Crippen molar-refractivity contribution in [1.29, 1.82) is 0 Å². The first-order chi connectivity index (χ1) is 17.2. The first kappa shape index (κ1) is 26.7. The van der Waals surface area contributed by atoms with Crippen molar-refractivity contribution in [3.63, 3.8) is 0 Å². The largest absolute Gasteiger partial charge is 0.409 e. The maximum absolute atomic E-state index is 14.3. The molecule has 0 aliphatic heterocycles. The van der Waals surface area contributed by atoms with Crippen molar-refractivity contribution in [2.75, 3.05) is 0 Å². The SMILES string of the molecule is CCCCC1CCC(C2CCC(c3cnc(-c4cc(F)c(C=CC(F)(F)F)c(F)c4)nc3)CC2)CC1. The van der Waals surface area contributed by atoms with Crippen molar-refractivity contribution in [2.45, 2.75) is 89.6 Å². The van der Waals surface area contributed by atoms with E-state index in [1.54, 1.807) is 12.4 Å². The molecule has 4 rings (SSSR count). The lowest BCUT2D eigenvalue weighted by molar-refractivity contribution is -0.0790. The van der Waals surface area contributed by atoms with Crippen LogP contribution >= 0.6 is 0 Å². The number of unbranched alkanes of at least 4 members (excludes halogenated alkanes) is 1. The van der Waals surface area contributed by atoms with E-state index in [0.717, 1.165) is 48.3 Å². The molecular weight excluding hydrogens is 471 g/mol. The summed E-state index contributed by atoms with van der Waals surface area (Å²) in [6.45, 7) is 2.27. The van der Waals surface area contributed by atoms with Crippen molar-refractivity contribution >= 4 is 6.08 Å². The van der Waals surface area contributed by atoms with E-state index in [2.05, 4.69) is 16.9 Å². The minimum atomic E-state index is -4.65. The van der Waals surface area contributed by atoms with Crippen molar-refractivity contribution in [3.05, 3.63) is 53.4 Å². The van der Waals surface area contributed by atoms with Crippen LogP contribution in [0.2, 0.25) is 0 Å². The number of hydrogen-bond acceptors (Lipinski definition) is 2. The van der Waals surface area contributed by atoms with Gasteiger partial charge in [-0.05, 0) is 86.0 Å². The second-order valence-corrected chi connectivity index (χ2v) is 10.6. The van der Waals surface area contributed by atoms with Crippen molar-refractivity contribution < 1.29 is 22.0 Å². The molecule has 0 N–H and O–H groups in total. The second-order valence-electron chi connectivity index (χ2n) is 10.6. The van der Waals surface area contributed by atoms with Gasteiger partial charge in [0.05, 0.1) is 0 Å². The van der Waals surface area contributed by atoms with Gasteiger partial charge in [0.15, 0.2) is 5.82 Å². The van der Waals surface area contributed by atoms with Gasteiger partial charge in [0.1, 0.15) is 11.6 Å². The molecule has 1 aromatic heterocycles. The van der Waals surface area contributed by atoms with E-state index in [0.29, 0.717) is 12.0 Å². The normalized spacial score (nSPS) is 25.4. The Kier molecular flexibility index (Phi) is 8.78. The summed E-state index contributed by atoms with van der Waals surface area (Å²) in [5, 5.41) is 0. The summed E-state index contributed by atoms with van der Waals surface area (Å²) in [7, 11) is 0. The summed E-state index contributed by atoms with van der Waals surface area (Å²) in [6, 6.07) is 1.94. The highest BCUT2D eigenvalue weighted by atomic mass is 19.4. The molecule has 196 valence electrons. The number of nitrogens with zero attached hydrogens (tertiary/aromatic N) is 2. The first-order valence-electron chi connectivity index (χ1n) is 13.3. The predicted octanol–water partition coefficient (Wildman–Crippen LogP) is 9.27. The Balaban J connectivity index is 1.33. The Hall–Kier alpha value is -2.31. The Morgan fingerprint density at radius 3 is 1.94 bits per heavy atom. The molecule has 1 heterocycles. The fourth-order valence-electron chi connectivity index (χ4n) is 6.11. The number of halogens is 5. The van der Waals surface area contributed by atoms with Gasteiger partial charge in [-0.2, -0.15) is 13.2 Å². The number of rotatable bonds is 7. The van der Waals surface area contributed by atoms with Gasteiger partial charge in [-0.3, -0.25) is 0 Å². The third kappa shape index (κ3) is 6.92. The zero-order chi connectivity index (χ0) is 25.7. The van der Waals surface area contributed by atoms with Crippen LogP contribution in [0, 0.1) is 29.4 Å². The molecular formula is C29H35F5N2. The van der Waals surface area contributed by atoms with Crippen LogP contribution in [0.5, 0.6) is 0 Å². The van der Waals surface area contributed by atoms with Gasteiger partial charge in [-0.15, -0.1) is 0 Å². The van der Waals surface area contributed by atoms with E-state index in [1.807, 2.05) is 0 Å². The van der Waals surface area contributed by atoms with Crippen molar-refractivity contribution in [3.8, 4) is 11.4 Å². The molecule has 2 nitrogen and oxygen atoms in total. The molecule has 2 aliphatic carbocycles. The van der Waals surface area contributed by atoms with Gasteiger partial charge in [-0.1, -0.05) is 39.0 Å². The molecule has 1 aromatic carbocycles. The lowest BCUT2D eigenvalue weighted by Gasteiger charge is -2.38. The minimum Gasteiger partial charge on any atom is -0.236 e. The van der Waals surface area contributed by atoms with Crippen LogP contribution in [0.15, 0.2) is 30.6 Å². The molecule has 0 unspecified atom stereocenters. The molecule has 0 radical (unpaired) electrons. The Morgan fingerprint density at radius 2 is 1.42 bits per heavy atom. The summed E-state index contributed by atoms with van der Waals surface area (Å²) in [5.74, 6) is 0.969. The molecule has 2 aliphatic rings. The molecule has 7 heteroatoms. The van der Waals surface area contributed by atoms with E-state index in [9.17, 15) is 22.0 Å². The third-order valence-electron chi connectivity index (χ3n) is 8.22. The number of allylic oxidation sites excluding steroid dienone is 1. The Labute approximate surface area is 210 Å². The fraction of sp³-hybridized carbons (Fsp3) is 0.586. The Bertz CT molecular complexity index is 992. The van der Waals surface area contributed by atoms with E-state index in [-0.39, 0.29) is 17.5 Å². The first-order valence-corrected chi connectivity index (χ1v) is 13.3. The van der Waals surface area contributed by atoms with Gasteiger partial charge in [0.2, 0.25) is 0 Å². The van der Waals surface area contributed by atoms with Crippen LogP contribution in [0.25, 0.3) is 17.5 Å². The summed E-state index contributed by atoms with van der Waals surface area (Å²) >= 11 is 0. The minimum absolute atomic E-state index is 0.0963. The van der Waals surface area contributed by atoms with Crippen molar-refractivity contribution in [1.82, 2.24) is 9.97 Å². The second kappa shape index (κ2) is 11.8. The molecule has 2 fully saturated rings. The molecule has 0 saturated heterocycles. The number of hydrogen-bond donors (Lipinski definition) is 0. The molecule has 36 heavy (non-hydrogen) atoms. The molecule has 0 bridgehead atoms. The lowest BCUT2D eigenvalue weighted by atomic mass is 9.68. The van der Waals surface area contributed by atoms with Gasteiger partial charge in [0, 0.05) is 29.6 Å². The van der Waals surface area contributed by atoms with Crippen LogP contribution in [0.4, 0.5) is 22.0 Å². The third-order valence-corrected chi connectivity index (χ3v) is 8.22. The molecule has 0 amide bonds. The highest BCUT2D eigenvalue weighted by molar-refractivity contribution is 5.61. The van der Waals surface area contributed by atoms with Crippen LogP contribution in [-0.4, -0.2) is 16.1 Å². The van der Waals surface area contributed by atoms with E-state index in [1.165, 1.54) is 57.8 Å². The maximum Gasteiger partial charge on any atom is 0.409 e. The molecule has 2 saturated carbocycles. The summed E-state index contributed by atoms with van der Waals surface area (Å²) in [6.07, 6.45) is 13.2. The van der Waals surface area contributed by atoms with E-state index >= 15 is 0 Å². The lowest BCUT2D eigenvalue weighted by Crippen LogP contribution is -2.25. The average molecular weight is 507 g/mol. The van der Waals surface area contributed by atoms with E-state index < -0.39 is 23.4 Å². The fourth-order valence-corrected chi connectivity index (χ4v) is 6.11. The zero-order valence-corrected chi connectivity index (χ0v) is 20.8. The topological polar surface area (TPSA) is 25.8 Å². The van der Waals surface area contributed by atoms with Crippen LogP contribution in [0.3, 0.4) is 0 Å². The van der Waals surface area contributed by atoms with E-state index in [4.69, 9.17) is 0 Å². The average Bonchev–Trinajstić information content (AvgIpc) is 2.87. The van der Waals surface area contributed by atoms with Crippen LogP contribution in [-0.2, 0) is 0 Å². The van der Waals surface area contributed by atoms with Gasteiger partial charge in [-0.25, -0.2) is 18.7 Å². The van der Waals surface area contributed by atoms with Gasteiger partial charge in [0.25, 0.3) is 0 Å². The highest BCUT2D eigenvalue weighted by Gasteiger charge is 2.31. The molecule has 2 aromatic rings. The monoisotopic (exact) mass is 506 g/mol. The number of benzene rings is 1. The highest BCUT2D eigenvalue weighted by Crippen LogP contribution is 2.44. The summed E-state index contributed by atoms with van der Waals surface area (Å²) < 4.78 is 65.7.